The van der Waals surface area contributed by atoms with E-state index in [0.29, 0.717) is 17.1 Å². The zero-order chi connectivity index (χ0) is 16.2. The number of aromatic amines is 1. The Labute approximate surface area is 132 Å². The van der Waals surface area contributed by atoms with Gasteiger partial charge in [0, 0.05) is 6.20 Å². The number of nitrogens with zero attached hydrogens (tertiary/aromatic N) is 2. The molecule has 23 heavy (non-hydrogen) atoms. The summed E-state index contributed by atoms with van der Waals surface area (Å²) >= 11 is 0. The zero-order valence-corrected chi connectivity index (χ0v) is 12.7. The maximum absolute atomic E-state index is 12.2. The highest BCUT2D eigenvalue weighted by atomic mass is 16.5. The summed E-state index contributed by atoms with van der Waals surface area (Å²) in [5.74, 6) is 1.28. The second-order valence-corrected chi connectivity index (χ2v) is 4.77. The summed E-state index contributed by atoms with van der Waals surface area (Å²) < 4.78 is 10.4. The number of hydrogen-bond acceptors (Lipinski definition) is 5. The first-order valence-electron chi connectivity index (χ1n) is 6.96. The number of ether oxygens (including phenoxy) is 2. The Bertz CT molecular complexity index is 851. The molecule has 1 aromatic carbocycles. The average molecular weight is 309 g/mol. The Morgan fingerprint density at radius 3 is 2.74 bits per heavy atom. The summed E-state index contributed by atoms with van der Waals surface area (Å²) in [6, 6.07) is 9.03. The van der Waals surface area contributed by atoms with Gasteiger partial charge in [0.2, 0.25) is 5.78 Å². The molecule has 1 N–H and O–H groups in total. The van der Waals surface area contributed by atoms with E-state index in [1.165, 1.54) is 6.08 Å². The Hall–Kier alpha value is -3.15. The summed E-state index contributed by atoms with van der Waals surface area (Å²) in [5.41, 5.74) is 2.08. The Morgan fingerprint density at radius 2 is 2.00 bits per heavy atom. The van der Waals surface area contributed by atoms with Crippen LogP contribution >= 0.6 is 0 Å². The number of imidazole rings is 1. The molecule has 3 aromatic rings. The molecule has 0 unspecified atom stereocenters. The van der Waals surface area contributed by atoms with Crippen molar-refractivity contribution in [2.24, 2.45) is 0 Å². The van der Waals surface area contributed by atoms with Crippen LogP contribution in [-0.2, 0) is 0 Å². The van der Waals surface area contributed by atoms with Crippen molar-refractivity contribution in [2.75, 3.05) is 14.2 Å². The first-order chi connectivity index (χ1) is 11.2. The molecular weight excluding hydrogens is 294 g/mol. The van der Waals surface area contributed by atoms with Gasteiger partial charge in [0.1, 0.15) is 0 Å². The highest BCUT2D eigenvalue weighted by Crippen LogP contribution is 2.28. The number of carbonyl (C=O) groups excluding carboxylic acids is 1. The average Bonchev–Trinajstić information content (AvgIpc) is 3.03. The molecule has 6 nitrogen and oxygen atoms in total. The van der Waals surface area contributed by atoms with Gasteiger partial charge in [-0.2, -0.15) is 0 Å². The van der Waals surface area contributed by atoms with Crippen molar-refractivity contribution in [3.05, 3.63) is 54.0 Å². The topological polar surface area (TPSA) is 77.1 Å². The van der Waals surface area contributed by atoms with Crippen molar-refractivity contribution in [3.8, 4) is 11.5 Å². The van der Waals surface area contributed by atoms with Gasteiger partial charge in [0.05, 0.1) is 19.7 Å². The van der Waals surface area contributed by atoms with Gasteiger partial charge in [-0.3, -0.25) is 4.79 Å². The molecule has 0 spiro atoms. The molecule has 0 bridgehead atoms. The number of benzene rings is 1. The Kier molecular flexibility index (Phi) is 4.05. The van der Waals surface area contributed by atoms with Crippen LogP contribution in [0, 0.1) is 0 Å². The maximum Gasteiger partial charge on any atom is 0.221 e. The van der Waals surface area contributed by atoms with Gasteiger partial charge in [-0.15, -0.1) is 0 Å². The molecule has 6 heteroatoms. The van der Waals surface area contributed by atoms with E-state index in [0.717, 1.165) is 11.1 Å². The number of allylic oxidation sites excluding steroid dienone is 1. The van der Waals surface area contributed by atoms with E-state index >= 15 is 0 Å². The minimum Gasteiger partial charge on any atom is -0.493 e. The number of rotatable bonds is 5. The molecule has 0 aliphatic heterocycles. The SMILES string of the molecule is COc1ccc(/C=C/C(=O)c2nc3ncccc3[nH]2)cc1OC. The van der Waals surface area contributed by atoms with Gasteiger partial charge < -0.3 is 14.5 Å². The van der Waals surface area contributed by atoms with Gasteiger partial charge in [-0.25, -0.2) is 9.97 Å². The van der Waals surface area contributed by atoms with Crippen molar-refractivity contribution < 1.29 is 14.3 Å². The fraction of sp³-hybridized carbons (Fsp3) is 0.118. The molecule has 2 aromatic heterocycles. The highest BCUT2D eigenvalue weighted by molar-refractivity contribution is 6.05. The lowest BCUT2D eigenvalue weighted by Crippen LogP contribution is -1.97. The largest absolute Gasteiger partial charge is 0.493 e. The minimum atomic E-state index is -0.224. The van der Waals surface area contributed by atoms with E-state index in [1.807, 2.05) is 12.1 Å². The molecule has 0 aliphatic carbocycles. The predicted octanol–water partition coefficient (Wildman–Crippen LogP) is 2.87. The lowest BCUT2D eigenvalue weighted by Gasteiger charge is -2.07. The number of hydrogen-bond donors (Lipinski definition) is 1. The molecule has 0 saturated carbocycles. The zero-order valence-electron chi connectivity index (χ0n) is 12.7. The summed E-state index contributed by atoms with van der Waals surface area (Å²) in [6.45, 7) is 0. The molecule has 0 radical (unpaired) electrons. The lowest BCUT2D eigenvalue weighted by atomic mass is 10.1. The van der Waals surface area contributed by atoms with Crippen LogP contribution in [0.2, 0.25) is 0 Å². The van der Waals surface area contributed by atoms with Crippen LogP contribution in [0.15, 0.2) is 42.6 Å². The van der Waals surface area contributed by atoms with Crippen LogP contribution < -0.4 is 9.47 Å². The van der Waals surface area contributed by atoms with E-state index in [4.69, 9.17) is 9.47 Å². The fourth-order valence-corrected chi connectivity index (χ4v) is 2.17. The smallest absolute Gasteiger partial charge is 0.221 e. The molecule has 0 aliphatic rings. The van der Waals surface area contributed by atoms with Crippen LogP contribution in [0.3, 0.4) is 0 Å². The van der Waals surface area contributed by atoms with Crippen LogP contribution in [0.1, 0.15) is 16.2 Å². The van der Waals surface area contributed by atoms with Crippen molar-refractivity contribution >= 4 is 23.0 Å². The van der Waals surface area contributed by atoms with Gasteiger partial charge in [0.25, 0.3) is 0 Å². The van der Waals surface area contributed by atoms with Crippen LogP contribution in [-0.4, -0.2) is 35.0 Å². The quantitative estimate of drug-likeness (QED) is 0.579. The number of aromatic nitrogens is 3. The summed E-state index contributed by atoms with van der Waals surface area (Å²) in [5, 5.41) is 0. The van der Waals surface area contributed by atoms with Gasteiger partial charge in [0.15, 0.2) is 23.0 Å². The summed E-state index contributed by atoms with van der Waals surface area (Å²) in [4.78, 5) is 23.4. The van der Waals surface area contributed by atoms with Crippen molar-refractivity contribution in [3.63, 3.8) is 0 Å². The first-order valence-corrected chi connectivity index (χ1v) is 6.96. The first kappa shape index (κ1) is 14.8. The second kappa shape index (κ2) is 6.31. The second-order valence-electron chi connectivity index (χ2n) is 4.77. The fourth-order valence-electron chi connectivity index (χ4n) is 2.17. The predicted molar refractivity (Wildman–Crippen MR) is 86.8 cm³/mol. The molecule has 0 saturated heterocycles. The van der Waals surface area contributed by atoms with Gasteiger partial charge in [-0.1, -0.05) is 12.1 Å². The summed E-state index contributed by atoms with van der Waals surface area (Å²) in [7, 11) is 3.14. The number of ketones is 1. The molecule has 116 valence electrons. The molecular formula is C17H15N3O3. The van der Waals surface area contributed by atoms with Gasteiger partial charge in [-0.05, 0) is 35.9 Å². The van der Waals surface area contributed by atoms with Gasteiger partial charge >= 0.3 is 0 Å². The normalized spacial score (nSPS) is 11.0. The number of nitrogens with one attached hydrogen (secondary N) is 1. The highest BCUT2D eigenvalue weighted by Gasteiger charge is 2.09. The van der Waals surface area contributed by atoms with E-state index < -0.39 is 0 Å². The van der Waals surface area contributed by atoms with E-state index in [2.05, 4.69) is 15.0 Å². The van der Waals surface area contributed by atoms with E-state index in [-0.39, 0.29) is 11.6 Å². The summed E-state index contributed by atoms with van der Waals surface area (Å²) in [6.07, 6.45) is 4.79. The monoisotopic (exact) mass is 309 g/mol. The Balaban J connectivity index is 1.83. The number of fused-ring (bicyclic) bond motifs is 1. The molecule has 3 rings (SSSR count). The van der Waals surface area contributed by atoms with E-state index in [9.17, 15) is 4.79 Å². The molecule has 2 heterocycles. The third-order valence-corrected chi connectivity index (χ3v) is 3.33. The minimum absolute atomic E-state index is 0.224. The van der Waals surface area contributed by atoms with Crippen LogP contribution in [0.25, 0.3) is 17.2 Å². The van der Waals surface area contributed by atoms with Crippen molar-refractivity contribution in [2.45, 2.75) is 0 Å². The van der Waals surface area contributed by atoms with Crippen molar-refractivity contribution in [1.82, 2.24) is 15.0 Å². The van der Waals surface area contributed by atoms with Crippen molar-refractivity contribution in [1.29, 1.82) is 0 Å². The standard InChI is InChI=1S/C17H15N3O3/c1-22-14-8-6-11(10-15(14)23-2)5-7-13(21)17-19-12-4-3-9-18-16(12)20-17/h3-10H,1-2H3,(H,18,19,20)/b7-5+. The Morgan fingerprint density at radius 1 is 1.17 bits per heavy atom. The number of pyridine rings is 1. The lowest BCUT2D eigenvalue weighted by molar-refractivity contribution is 0.103. The molecule has 0 fully saturated rings. The third kappa shape index (κ3) is 3.06. The maximum atomic E-state index is 12.2. The van der Waals surface area contributed by atoms with E-state index in [1.54, 1.807) is 44.7 Å². The van der Waals surface area contributed by atoms with Crippen LogP contribution in [0.5, 0.6) is 11.5 Å². The number of carbonyl (C=O) groups is 1. The number of methoxy groups -OCH3 is 2. The molecule has 0 amide bonds. The number of H-pyrrole nitrogens is 1. The third-order valence-electron chi connectivity index (χ3n) is 3.33. The molecule has 0 atom stereocenters. The van der Waals surface area contributed by atoms with Crippen LogP contribution in [0.4, 0.5) is 0 Å².